The van der Waals surface area contributed by atoms with E-state index < -0.39 is 10.2 Å². The number of rotatable bonds is 2. The minimum atomic E-state index is -4.94. The van der Waals surface area contributed by atoms with Crippen LogP contribution in [0.5, 0.6) is 0 Å². The second-order valence-electron chi connectivity index (χ2n) is 5.32. The molecular weight excluding hydrogens is 457 g/mol. The quantitative estimate of drug-likeness (QED) is 0.415. The van der Waals surface area contributed by atoms with Crippen molar-refractivity contribution in [2.24, 2.45) is 0 Å². The van der Waals surface area contributed by atoms with Crippen molar-refractivity contribution in [1.82, 2.24) is 0 Å². The fraction of sp³-hybridized carbons (Fsp3) is 0.0556. The van der Waals surface area contributed by atoms with Crippen LogP contribution in [0.15, 0.2) is 59.1 Å². The molecule has 140 valence electrons. The van der Waals surface area contributed by atoms with Crippen LogP contribution in [0.4, 0.5) is 0 Å². The van der Waals surface area contributed by atoms with Crippen molar-refractivity contribution in [1.29, 1.82) is 0 Å². The van der Waals surface area contributed by atoms with E-state index in [2.05, 4.69) is 65.7 Å². The Morgan fingerprint density at radius 2 is 1.70 bits per heavy atom. The molecule has 0 aliphatic carbocycles. The summed E-state index contributed by atoms with van der Waals surface area (Å²) in [7, 11) is -3.20. The Labute approximate surface area is 168 Å². The van der Waals surface area contributed by atoms with Gasteiger partial charge in [0.05, 0.1) is 0 Å². The number of halogens is 1. The van der Waals surface area contributed by atoms with Crippen LogP contribution in [0.25, 0.3) is 22.1 Å². The molecule has 0 saturated carbocycles. The van der Waals surface area contributed by atoms with Gasteiger partial charge in [0.1, 0.15) is 0 Å². The summed E-state index contributed by atoms with van der Waals surface area (Å²) in [4.78, 5) is 3.48. The van der Waals surface area contributed by atoms with Gasteiger partial charge in [0, 0.05) is 0 Å². The maximum Gasteiger partial charge on any atom is -0.112 e. The first-order valence-corrected chi connectivity index (χ1v) is 11.4. The molecular formula is C18H14ClNO5SSe. The average molecular weight is 471 g/mol. The van der Waals surface area contributed by atoms with Gasteiger partial charge in [-0.1, -0.05) is 0 Å². The van der Waals surface area contributed by atoms with Crippen LogP contribution in [0.2, 0.25) is 0 Å². The van der Waals surface area contributed by atoms with E-state index in [9.17, 15) is 0 Å². The Morgan fingerprint density at radius 3 is 2.41 bits per heavy atom. The first-order valence-electron chi connectivity index (χ1n) is 7.61. The minimum absolute atomic E-state index is 0.308. The summed E-state index contributed by atoms with van der Waals surface area (Å²) in [6, 6.07) is 16.9. The SMILES string of the molecule is COC1=C/C(=C\c2[nH+]c3ccccc3s2)[Se]c2ccccc21.[O-][Cl+3]([O-])([O-])[O-]. The van der Waals surface area contributed by atoms with E-state index in [0.29, 0.717) is 15.0 Å². The van der Waals surface area contributed by atoms with E-state index in [1.165, 1.54) is 29.7 Å². The van der Waals surface area contributed by atoms with E-state index in [-0.39, 0.29) is 0 Å². The van der Waals surface area contributed by atoms with Gasteiger partial charge in [0.2, 0.25) is 0 Å². The molecule has 2 heterocycles. The number of fused-ring (bicyclic) bond motifs is 2. The molecule has 0 amide bonds. The van der Waals surface area contributed by atoms with Crippen LogP contribution in [0.1, 0.15) is 10.6 Å². The zero-order valence-corrected chi connectivity index (χ0v) is 17.3. The molecule has 1 aliphatic rings. The monoisotopic (exact) mass is 471 g/mol. The summed E-state index contributed by atoms with van der Waals surface area (Å²) in [5.74, 6) is 0.955. The molecule has 1 aromatic heterocycles. The molecule has 0 fully saturated rings. The first kappa shape index (κ1) is 20.0. The fourth-order valence-electron chi connectivity index (χ4n) is 2.49. The van der Waals surface area contributed by atoms with Crippen LogP contribution in [0.3, 0.4) is 0 Å². The number of methoxy groups -OCH3 is 1. The van der Waals surface area contributed by atoms with Crippen molar-refractivity contribution in [3.8, 4) is 0 Å². The second kappa shape index (κ2) is 8.52. The molecule has 0 spiro atoms. The molecule has 1 N–H and O–H groups in total. The number of nitrogens with one attached hydrogen (secondary N) is 1. The molecule has 1 aliphatic heterocycles. The van der Waals surface area contributed by atoms with Gasteiger partial charge >= 0.3 is 139 Å². The number of hydrogen-bond donors (Lipinski definition) is 0. The van der Waals surface area contributed by atoms with Crippen LogP contribution >= 0.6 is 11.3 Å². The molecule has 4 rings (SSSR count). The van der Waals surface area contributed by atoms with Gasteiger partial charge in [0.15, 0.2) is 0 Å². The zero-order valence-electron chi connectivity index (χ0n) is 14.0. The number of H-pyrrole nitrogens is 1. The van der Waals surface area contributed by atoms with Crippen LogP contribution in [0, 0.1) is 10.2 Å². The number of ether oxygens (including phenoxy) is 1. The normalized spacial score (nSPS) is 15.0. The van der Waals surface area contributed by atoms with E-state index in [1.54, 1.807) is 18.4 Å². The van der Waals surface area contributed by atoms with Gasteiger partial charge in [-0.05, 0) is 0 Å². The third kappa shape index (κ3) is 5.62. The van der Waals surface area contributed by atoms with Crippen LogP contribution in [-0.2, 0) is 4.74 Å². The molecule has 2 aromatic carbocycles. The molecule has 0 saturated heterocycles. The Morgan fingerprint density at radius 1 is 1.04 bits per heavy atom. The largest absolute Gasteiger partial charge is 0.222 e. The first-order chi connectivity index (χ1) is 12.8. The maximum atomic E-state index is 8.49. The Kier molecular flexibility index (Phi) is 6.31. The van der Waals surface area contributed by atoms with Crippen molar-refractivity contribution in [3.63, 3.8) is 0 Å². The molecule has 0 unspecified atom stereocenters. The van der Waals surface area contributed by atoms with E-state index in [0.717, 1.165) is 5.76 Å². The summed E-state index contributed by atoms with van der Waals surface area (Å²) in [6.45, 7) is 0. The molecule has 27 heavy (non-hydrogen) atoms. The fourth-order valence-corrected chi connectivity index (χ4v) is 5.76. The summed E-state index contributed by atoms with van der Waals surface area (Å²) in [5.41, 5.74) is 2.42. The van der Waals surface area contributed by atoms with Gasteiger partial charge < -0.3 is 0 Å². The van der Waals surface area contributed by atoms with Gasteiger partial charge in [-0.25, -0.2) is 18.6 Å². The van der Waals surface area contributed by atoms with Crippen LogP contribution < -0.4 is 28.1 Å². The summed E-state index contributed by atoms with van der Waals surface area (Å²) in [5, 5.41) is 1.18. The number of benzene rings is 2. The van der Waals surface area contributed by atoms with Gasteiger partial charge in [-0.3, -0.25) is 0 Å². The topological polar surface area (TPSA) is 116 Å². The summed E-state index contributed by atoms with van der Waals surface area (Å²) in [6.07, 6.45) is 4.42. The molecule has 9 heteroatoms. The van der Waals surface area contributed by atoms with Gasteiger partial charge in [-0.15, -0.1) is 10.2 Å². The Balaban J connectivity index is 0.000000376. The van der Waals surface area contributed by atoms with E-state index in [4.69, 9.17) is 23.4 Å². The third-order valence-corrected chi connectivity index (χ3v) is 6.72. The molecule has 0 bridgehead atoms. The van der Waals surface area contributed by atoms with Gasteiger partial charge in [0.25, 0.3) is 0 Å². The molecule has 0 radical (unpaired) electrons. The third-order valence-electron chi connectivity index (χ3n) is 3.51. The zero-order chi connectivity index (χ0) is 19.4. The number of thiazole rings is 1. The molecule has 6 nitrogen and oxygen atoms in total. The van der Waals surface area contributed by atoms with Crippen LogP contribution in [-0.4, -0.2) is 22.1 Å². The predicted molar refractivity (Wildman–Crippen MR) is 93.2 cm³/mol. The number of aromatic amines is 1. The number of para-hydroxylation sites is 1. The maximum absolute atomic E-state index is 8.49. The summed E-state index contributed by atoms with van der Waals surface area (Å²) >= 11 is 2.10. The minimum Gasteiger partial charge on any atom is -0.222 e. The standard InChI is InChI=1S/C18H13NOSSe.ClHO4/c1-20-15-10-12(22-17-9-5-2-6-13(15)17)11-18-19-14-7-3-4-8-16(14)21-18;2-1(3,4)5/h2-11H,1H3;(H,2,3,4,5)/b12-11+;. The van der Waals surface area contributed by atoms with Gasteiger partial charge in [-0.2, -0.15) is 0 Å². The number of allylic oxidation sites excluding steroid dienone is 2. The molecule has 3 aromatic rings. The molecule has 0 atom stereocenters. The van der Waals surface area contributed by atoms with Crippen molar-refractivity contribution in [3.05, 3.63) is 69.6 Å². The van der Waals surface area contributed by atoms with Crippen molar-refractivity contribution < 1.29 is 38.6 Å². The predicted octanol–water partition coefficient (Wildman–Crippen LogP) is -1.67. The average Bonchev–Trinajstić information content (AvgIpc) is 3.01. The Hall–Kier alpha value is -1.74. The smallest absolute Gasteiger partial charge is 0.112 e. The van der Waals surface area contributed by atoms with Crippen molar-refractivity contribution in [2.45, 2.75) is 0 Å². The van der Waals surface area contributed by atoms with E-state index in [1.807, 2.05) is 0 Å². The van der Waals surface area contributed by atoms with Crippen molar-refractivity contribution in [2.75, 3.05) is 7.11 Å². The second-order valence-corrected chi connectivity index (χ2v) is 9.50. The number of aromatic nitrogens is 1. The number of hydrogen-bond acceptors (Lipinski definition) is 6. The summed E-state index contributed by atoms with van der Waals surface area (Å²) < 4.78 is 43.5. The Bertz CT molecular complexity index is 973. The van der Waals surface area contributed by atoms with Crippen molar-refractivity contribution >= 4 is 52.8 Å². The van der Waals surface area contributed by atoms with E-state index >= 15 is 0 Å².